The molecule has 0 radical (unpaired) electrons. The number of nitrogens with zero attached hydrogens (tertiary/aromatic N) is 1. The summed E-state index contributed by atoms with van der Waals surface area (Å²) in [4.78, 5) is 41.4. The Morgan fingerprint density at radius 2 is 1.68 bits per heavy atom. The minimum atomic E-state index is -0.538. The van der Waals surface area contributed by atoms with Crippen LogP contribution >= 0.6 is 0 Å². The average molecular weight is 513 g/mol. The van der Waals surface area contributed by atoms with Crippen molar-refractivity contribution in [3.63, 3.8) is 0 Å². The summed E-state index contributed by atoms with van der Waals surface area (Å²) in [5, 5.41) is 5.96. The lowest BCUT2D eigenvalue weighted by Crippen LogP contribution is -2.49. The molecule has 0 aromatic heterocycles. The Bertz CT molecular complexity index is 1300. The van der Waals surface area contributed by atoms with E-state index in [1.807, 2.05) is 48.5 Å². The fourth-order valence-corrected chi connectivity index (χ4v) is 5.20. The van der Waals surface area contributed by atoms with Gasteiger partial charge in [-0.25, -0.2) is 0 Å². The van der Waals surface area contributed by atoms with Crippen molar-refractivity contribution in [2.24, 2.45) is 5.73 Å². The van der Waals surface area contributed by atoms with E-state index in [4.69, 9.17) is 10.5 Å². The van der Waals surface area contributed by atoms with Gasteiger partial charge in [0.05, 0.1) is 23.8 Å². The number of anilines is 2. The van der Waals surface area contributed by atoms with Gasteiger partial charge in [-0.05, 0) is 48.7 Å². The van der Waals surface area contributed by atoms with Crippen LogP contribution in [0.25, 0.3) is 0 Å². The van der Waals surface area contributed by atoms with Crippen LogP contribution in [-0.4, -0.2) is 36.4 Å². The molecule has 3 unspecified atom stereocenters. The van der Waals surface area contributed by atoms with E-state index < -0.39 is 6.04 Å². The van der Waals surface area contributed by atoms with E-state index >= 15 is 0 Å². The molecule has 1 fully saturated rings. The van der Waals surface area contributed by atoms with Gasteiger partial charge in [-0.1, -0.05) is 61.4 Å². The molecule has 0 bridgehead atoms. The fourth-order valence-electron chi connectivity index (χ4n) is 5.20. The molecule has 2 aliphatic rings. The van der Waals surface area contributed by atoms with Crippen LogP contribution < -0.4 is 26.0 Å². The predicted molar refractivity (Wildman–Crippen MR) is 146 cm³/mol. The molecule has 1 aliphatic carbocycles. The number of hydrogen-bond acceptors (Lipinski definition) is 5. The summed E-state index contributed by atoms with van der Waals surface area (Å²) in [5.74, 6) is -0.218. The third-order valence-corrected chi connectivity index (χ3v) is 7.18. The summed E-state index contributed by atoms with van der Waals surface area (Å²) in [6.07, 6.45) is 3.89. The summed E-state index contributed by atoms with van der Waals surface area (Å²) in [6, 6.07) is 22.9. The van der Waals surface area contributed by atoms with E-state index in [0.29, 0.717) is 22.7 Å². The van der Waals surface area contributed by atoms with E-state index in [1.54, 1.807) is 35.2 Å². The highest BCUT2D eigenvalue weighted by molar-refractivity contribution is 6.07. The molecule has 3 aromatic rings. The smallest absolute Gasteiger partial charge is 0.265 e. The molecular formula is C30H32N4O4. The minimum absolute atomic E-state index is 0.0637. The van der Waals surface area contributed by atoms with Crippen molar-refractivity contribution in [2.75, 3.05) is 16.8 Å². The largest absolute Gasteiger partial charge is 0.484 e. The number of benzene rings is 3. The van der Waals surface area contributed by atoms with Gasteiger partial charge in [0, 0.05) is 17.6 Å². The first-order chi connectivity index (χ1) is 18.5. The molecule has 8 heteroatoms. The van der Waals surface area contributed by atoms with Gasteiger partial charge < -0.3 is 21.1 Å². The lowest BCUT2D eigenvalue weighted by molar-refractivity contribution is -0.121. The zero-order valence-electron chi connectivity index (χ0n) is 21.1. The molecule has 3 aromatic carbocycles. The number of nitrogens with one attached hydrogen (secondary N) is 2. The number of rotatable bonds is 6. The maximum absolute atomic E-state index is 13.7. The molecule has 196 valence electrons. The lowest BCUT2D eigenvalue weighted by Gasteiger charge is -2.31. The van der Waals surface area contributed by atoms with Crippen molar-refractivity contribution in [1.29, 1.82) is 0 Å². The van der Waals surface area contributed by atoms with Gasteiger partial charge >= 0.3 is 0 Å². The van der Waals surface area contributed by atoms with E-state index in [0.717, 1.165) is 31.2 Å². The van der Waals surface area contributed by atoms with Crippen molar-refractivity contribution in [3.8, 4) is 5.75 Å². The topological polar surface area (TPSA) is 114 Å². The standard InChI is InChI=1S/C30H32N4O4/c31-23-13-7-8-14-24(23)33-30(37)21-15-16-26-25(17-21)32-28(35)18-27(20-9-3-1-4-10-20)34(26)29(36)19-38-22-11-5-2-6-12-22/h1-6,9-12,15-17,23-24,27H,7-8,13-14,18-19,31H2,(H,32,35)(H,33,37). The highest BCUT2D eigenvalue weighted by Gasteiger charge is 2.34. The van der Waals surface area contributed by atoms with E-state index in [1.165, 1.54) is 0 Å². The van der Waals surface area contributed by atoms with Crippen LogP contribution in [0, 0.1) is 0 Å². The first-order valence-electron chi connectivity index (χ1n) is 13.0. The predicted octanol–water partition coefficient (Wildman–Crippen LogP) is 4.18. The highest BCUT2D eigenvalue weighted by atomic mass is 16.5. The second-order valence-electron chi connectivity index (χ2n) is 9.80. The van der Waals surface area contributed by atoms with Crippen molar-refractivity contribution >= 4 is 29.1 Å². The molecule has 0 saturated heterocycles. The second-order valence-corrected chi connectivity index (χ2v) is 9.80. The third kappa shape index (κ3) is 5.70. The van der Waals surface area contributed by atoms with Gasteiger partial charge in [-0.15, -0.1) is 0 Å². The highest BCUT2D eigenvalue weighted by Crippen LogP contribution is 2.39. The maximum atomic E-state index is 13.7. The normalized spacial score (nSPS) is 21.0. The molecule has 4 N–H and O–H groups in total. The Labute approximate surface area is 222 Å². The van der Waals surface area contributed by atoms with Crippen LogP contribution in [0.1, 0.15) is 54.1 Å². The molecule has 3 amide bonds. The number of hydrogen-bond donors (Lipinski definition) is 3. The third-order valence-electron chi connectivity index (χ3n) is 7.18. The van der Waals surface area contributed by atoms with Gasteiger partial charge in [0.1, 0.15) is 5.75 Å². The molecule has 5 rings (SSSR count). The van der Waals surface area contributed by atoms with E-state index in [9.17, 15) is 14.4 Å². The molecule has 1 aliphatic heterocycles. The number of ether oxygens (including phenoxy) is 1. The Hall–Kier alpha value is -4.17. The average Bonchev–Trinajstić information content (AvgIpc) is 3.09. The molecule has 0 spiro atoms. The number of nitrogens with two attached hydrogens (primary N) is 1. The Morgan fingerprint density at radius 3 is 2.42 bits per heavy atom. The fraction of sp³-hybridized carbons (Fsp3) is 0.300. The summed E-state index contributed by atoms with van der Waals surface area (Å²) in [6.45, 7) is -0.206. The van der Waals surface area contributed by atoms with Gasteiger partial charge in [0.25, 0.3) is 11.8 Å². The summed E-state index contributed by atoms with van der Waals surface area (Å²) >= 11 is 0. The van der Waals surface area contributed by atoms with Crippen LogP contribution in [0.2, 0.25) is 0 Å². The second kappa shape index (κ2) is 11.5. The Morgan fingerprint density at radius 1 is 0.974 bits per heavy atom. The zero-order valence-corrected chi connectivity index (χ0v) is 21.1. The van der Waals surface area contributed by atoms with Crippen molar-refractivity contribution < 1.29 is 19.1 Å². The van der Waals surface area contributed by atoms with Crippen LogP contribution in [0.15, 0.2) is 78.9 Å². The number of fused-ring (bicyclic) bond motifs is 1. The first-order valence-corrected chi connectivity index (χ1v) is 13.0. The van der Waals surface area contributed by atoms with Gasteiger partial charge in [0.15, 0.2) is 6.61 Å². The van der Waals surface area contributed by atoms with E-state index in [-0.39, 0.29) is 42.8 Å². The Kier molecular flexibility index (Phi) is 7.70. The van der Waals surface area contributed by atoms with Crippen molar-refractivity contribution in [2.45, 2.75) is 50.2 Å². The SMILES string of the molecule is NC1CCCCC1NC(=O)c1ccc2c(c1)NC(=O)CC(c1ccccc1)N2C(=O)COc1ccccc1. The summed E-state index contributed by atoms with van der Waals surface area (Å²) < 4.78 is 5.77. The molecule has 1 saturated carbocycles. The van der Waals surface area contributed by atoms with Crippen LogP contribution in [0.3, 0.4) is 0 Å². The van der Waals surface area contributed by atoms with Gasteiger partial charge in [-0.3, -0.25) is 19.3 Å². The molecule has 8 nitrogen and oxygen atoms in total. The zero-order chi connectivity index (χ0) is 26.5. The summed E-state index contributed by atoms with van der Waals surface area (Å²) in [5.41, 5.74) is 8.36. The first kappa shape index (κ1) is 25.5. The monoisotopic (exact) mass is 512 g/mol. The lowest BCUT2D eigenvalue weighted by atomic mass is 9.91. The number of carbonyl (C=O) groups excluding carboxylic acids is 3. The van der Waals surface area contributed by atoms with E-state index in [2.05, 4.69) is 10.6 Å². The molecule has 38 heavy (non-hydrogen) atoms. The van der Waals surface area contributed by atoms with Crippen molar-refractivity contribution in [3.05, 3.63) is 90.0 Å². The summed E-state index contributed by atoms with van der Waals surface area (Å²) in [7, 11) is 0. The van der Waals surface area contributed by atoms with Crippen LogP contribution in [0.4, 0.5) is 11.4 Å². The van der Waals surface area contributed by atoms with Crippen LogP contribution in [-0.2, 0) is 9.59 Å². The molecular weight excluding hydrogens is 480 g/mol. The number of amides is 3. The quantitative estimate of drug-likeness (QED) is 0.459. The minimum Gasteiger partial charge on any atom is -0.484 e. The van der Waals surface area contributed by atoms with Crippen molar-refractivity contribution in [1.82, 2.24) is 5.32 Å². The molecule has 3 atom stereocenters. The Balaban J connectivity index is 1.46. The number of carbonyl (C=O) groups is 3. The van der Waals surface area contributed by atoms with Crippen LogP contribution in [0.5, 0.6) is 5.75 Å². The van der Waals surface area contributed by atoms with Gasteiger partial charge in [-0.2, -0.15) is 0 Å². The van der Waals surface area contributed by atoms with Gasteiger partial charge in [0.2, 0.25) is 5.91 Å². The number of para-hydroxylation sites is 1. The molecule has 1 heterocycles. The maximum Gasteiger partial charge on any atom is 0.265 e.